The van der Waals surface area contributed by atoms with E-state index in [0.29, 0.717) is 0 Å². The van der Waals surface area contributed by atoms with E-state index in [0.717, 1.165) is 10.1 Å². The van der Waals surface area contributed by atoms with E-state index in [1.807, 2.05) is 40.8 Å². The van der Waals surface area contributed by atoms with E-state index >= 15 is 0 Å². The summed E-state index contributed by atoms with van der Waals surface area (Å²) >= 11 is 7.93. The summed E-state index contributed by atoms with van der Waals surface area (Å²) < 4.78 is 1.09. The molecular formula is C14H13ClGeN2O6. The van der Waals surface area contributed by atoms with E-state index in [2.05, 4.69) is 0 Å². The van der Waals surface area contributed by atoms with Crippen LogP contribution >= 0.6 is 11.6 Å². The van der Waals surface area contributed by atoms with Crippen LogP contribution in [0, 0.1) is 10.1 Å². The summed E-state index contributed by atoms with van der Waals surface area (Å²) in [6.07, 6.45) is 0. The van der Waals surface area contributed by atoms with Gasteiger partial charge in [-0.25, -0.2) is 0 Å². The number of anilines is 1. The molecule has 2 rings (SSSR count). The second-order valence-corrected chi connectivity index (χ2v) is 5.95. The molecule has 0 bridgehead atoms. The van der Waals surface area contributed by atoms with E-state index < -0.39 is 4.92 Å². The van der Waals surface area contributed by atoms with Crippen LogP contribution in [0.5, 0.6) is 0 Å². The Hall–Kier alpha value is -1.98. The Balaban J connectivity index is 0. The number of halogens is 1. The second-order valence-electron chi connectivity index (χ2n) is 4.33. The Labute approximate surface area is 151 Å². The third-order valence-electron chi connectivity index (χ3n) is 2.95. The molecular weight excluding hydrogens is 400 g/mol. The SMILES string of the molecule is CN(C(=O)c1ccc([N+](=O)[O-])cc1Cl)c1cc[c]([Ge+3])cc1.[OH-].[OH-].[OH-]. The zero-order valence-corrected chi connectivity index (χ0v) is 15.2. The summed E-state index contributed by atoms with van der Waals surface area (Å²) in [5, 5.41) is 10.7. The molecule has 0 aliphatic carbocycles. The van der Waals surface area contributed by atoms with Crippen molar-refractivity contribution in [3.05, 3.63) is 63.2 Å². The van der Waals surface area contributed by atoms with Gasteiger partial charge in [-0.1, -0.05) is 0 Å². The van der Waals surface area contributed by atoms with Crippen molar-refractivity contribution in [3.8, 4) is 0 Å². The standard InChI is InChI=1S/C14H10ClGeN2O3.3H2O/c1-17(10-4-2-9(16)3-5-10)14(19)12-7-6-11(18(20)21)8-13(12)15;;;/h2-8H,1H3;3*1H2/q+3;;;/p-3. The third kappa shape index (κ3) is 5.29. The minimum atomic E-state index is -0.552. The van der Waals surface area contributed by atoms with Crippen LogP contribution in [0.25, 0.3) is 0 Å². The van der Waals surface area contributed by atoms with Gasteiger partial charge in [0.15, 0.2) is 0 Å². The first-order valence-electron chi connectivity index (χ1n) is 5.94. The molecule has 3 N–H and O–H groups in total. The molecule has 0 heterocycles. The van der Waals surface area contributed by atoms with Gasteiger partial charge in [0, 0.05) is 0 Å². The average Bonchev–Trinajstić information content (AvgIpc) is 2.46. The van der Waals surface area contributed by atoms with Crippen molar-refractivity contribution in [2.45, 2.75) is 0 Å². The Bertz CT molecular complexity index is 711. The molecule has 0 fully saturated rings. The second kappa shape index (κ2) is 10.0. The van der Waals surface area contributed by atoms with Gasteiger partial charge in [-0.05, 0) is 0 Å². The van der Waals surface area contributed by atoms with Crippen LogP contribution in [0.15, 0.2) is 42.5 Å². The number of amides is 1. The van der Waals surface area contributed by atoms with Gasteiger partial charge in [0.05, 0.1) is 0 Å². The van der Waals surface area contributed by atoms with Crippen molar-refractivity contribution in [2.24, 2.45) is 0 Å². The number of carbonyl (C=O) groups excluding carboxylic acids is 1. The van der Waals surface area contributed by atoms with Gasteiger partial charge in [-0.15, -0.1) is 0 Å². The number of benzene rings is 2. The van der Waals surface area contributed by atoms with Crippen LogP contribution in [0.3, 0.4) is 0 Å². The monoisotopic (exact) mass is 414 g/mol. The zero-order chi connectivity index (χ0) is 15.6. The molecule has 10 heteroatoms. The van der Waals surface area contributed by atoms with Gasteiger partial charge in [-0.3, -0.25) is 0 Å². The Kier molecular flexibility index (Phi) is 10.1. The normalized spacial score (nSPS) is 9.00. The number of rotatable bonds is 3. The number of hydrogen-bond donors (Lipinski definition) is 0. The fraction of sp³-hybridized carbons (Fsp3) is 0.0714. The zero-order valence-electron chi connectivity index (χ0n) is 12.4. The molecule has 2 aromatic carbocycles. The number of hydrogen-bond acceptors (Lipinski definition) is 6. The Morgan fingerprint density at radius 1 is 1.12 bits per heavy atom. The minimum absolute atomic E-state index is 0. The molecule has 0 spiro atoms. The van der Waals surface area contributed by atoms with E-state index in [9.17, 15) is 14.9 Å². The van der Waals surface area contributed by atoms with Crippen molar-refractivity contribution in [1.82, 2.24) is 0 Å². The maximum Gasteiger partial charge on any atom is -0.870 e. The molecule has 0 atom stereocenters. The van der Waals surface area contributed by atoms with Crippen molar-refractivity contribution < 1.29 is 26.1 Å². The van der Waals surface area contributed by atoms with Gasteiger partial charge >= 0.3 is 135 Å². The number of nitro benzene ring substituents is 1. The van der Waals surface area contributed by atoms with Crippen molar-refractivity contribution in [3.63, 3.8) is 0 Å². The van der Waals surface area contributed by atoms with E-state index in [1.54, 1.807) is 7.05 Å². The molecule has 126 valence electrons. The average molecular weight is 413 g/mol. The maximum absolute atomic E-state index is 12.4. The van der Waals surface area contributed by atoms with Crippen molar-refractivity contribution >= 4 is 49.8 Å². The summed E-state index contributed by atoms with van der Waals surface area (Å²) in [4.78, 5) is 24.0. The Morgan fingerprint density at radius 2 is 1.67 bits per heavy atom. The van der Waals surface area contributed by atoms with Gasteiger partial charge < -0.3 is 16.4 Å². The number of carbonyl (C=O) groups is 1. The first-order chi connectivity index (χ1) is 9.90. The predicted molar refractivity (Wildman–Crippen MR) is 88.5 cm³/mol. The fourth-order valence-corrected chi connectivity index (χ4v) is 2.38. The first-order valence-corrected chi connectivity index (χ1v) is 7.36. The van der Waals surface area contributed by atoms with E-state index in [1.165, 1.54) is 23.1 Å². The fourth-order valence-electron chi connectivity index (χ4n) is 1.77. The van der Waals surface area contributed by atoms with Crippen LogP contribution in [-0.2, 0) is 0 Å². The van der Waals surface area contributed by atoms with Crippen molar-refractivity contribution in [2.75, 3.05) is 11.9 Å². The minimum Gasteiger partial charge on any atom is -0.870 e. The van der Waals surface area contributed by atoms with Crippen LogP contribution in [0.1, 0.15) is 10.4 Å². The molecule has 0 aromatic heterocycles. The number of nitro groups is 1. The number of nitrogens with zero attached hydrogens (tertiary/aromatic N) is 2. The van der Waals surface area contributed by atoms with Gasteiger partial charge in [0.1, 0.15) is 0 Å². The molecule has 1 amide bonds. The predicted octanol–water partition coefficient (Wildman–Crippen LogP) is 1.79. The maximum atomic E-state index is 12.4. The number of non-ortho nitro benzene ring substituents is 1. The summed E-state index contributed by atoms with van der Waals surface area (Å²) in [5.41, 5.74) is 0.805. The smallest absolute Gasteiger partial charge is 0.870 e. The van der Waals surface area contributed by atoms with Gasteiger partial charge in [0.2, 0.25) is 0 Å². The molecule has 2 aromatic rings. The van der Waals surface area contributed by atoms with Crippen LogP contribution in [0.4, 0.5) is 11.4 Å². The Morgan fingerprint density at radius 3 is 2.12 bits per heavy atom. The summed E-state index contributed by atoms with van der Waals surface area (Å²) in [5.74, 6) is -0.321. The van der Waals surface area contributed by atoms with Crippen LogP contribution < -0.4 is 9.30 Å². The quantitative estimate of drug-likeness (QED) is 0.425. The topological polar surface area (TPSA) is 153 Å². The van der Waals surface area contributed by atoms with E-state index in [-0.39, 0.29) is 38.6 Å². The van der Waals surface area contributed by atoms with Gasteiger partial charge in [0.25, 0.3) is 0 Å². The van der Waals surface area contributed by atoms with Crippen LogP contribution in [0.2, 0.25) is 5.02 Å². The first kappa shape index (κ1) is 24.3. The molecule has 0 unspecified atom stereocenters. The van der Waals surface area contributed by atoms with E-state index in [4.69, 9.17) is 11.6 Å². The molecule has 8 nitrogen and oxygen atoms in total. The third-order valence-corrected chi connectivity index (χ3v) is 3.97. The summed E-state index contributed by atoms with van der Waals surface area (Å²) in [6, 6.07) is 11.3. The van der Waals surface area contributed by atoms with Gasteiger partial charge in [-0.2, -0.15) is 0 Å². The van der Waals surface area contributed by atoms with Crippen LogP contribution in [-0.4, -0.2) is 50.8 Å². The molecule has 0 saturated heterocycles. The summed E-state index contributed by atoms with van der Waals surface area (Å²) in [7, 11) is 1.63. The molecule has 0 radical (unpaired) electrons. The van der Waals surface area contributed by atoms with Crippen molar-refractivity contribution in [1.29, 1.82) is 0 Å². The molecule has 24 heavy (non-hydrogen) atoms. The molecule has 0 saturated carbocycles. The molecule has 0 aliphatic heterocycles. The largest absolute Gasteiger partial charge is 0.870 e. The molecule has 0 aliphatic rings. The summed E-state index contributed by atoms with van der Waals surface area (Å²) in [6.45, 7) is 0.